The standard InChI is InChI=1S/C10H8F3N3O/c11-10(12,13)4-16-5-14-7-2-1-3-8(9(7)16)15-6-17/h1-3,5-6H,4H2,(H,15,17). The zero-order valence-corrected chi connectivity index (χ0v) is 8.53. The van der Waals surface area contributed by atoms with Crippen molar-refractivity contribution in [1.82, 2.24) is 9.55 Å². The normalized spacial score (nSPS) is 11.7. The number of amides is 1. The van der Waals surface area contributed by atoms with Gasteiger partial charge in [0.2, 0.25) is 6.41 Å². The Morgan fingerprint density at radius 1 is 1.41 bits per heavy atom. The fraction of sp³-hybridized carbons (Fsp3) is 0.200. The molecule has 0 aliphatic heterocycles. The average molecular weight is 243 g/mol. The van der Waals surface area contributed by atoms with Crippen molar-refractivity contribution in [3.05, 3.63) is 24.5 Å². The van der Waals surface area contributed by atoms with Gasteiger partial charge in [-0.3, -0.25) is 4.79 Å². The number of carbonyl (C=O) groups is 1. The van der Waals surface area contributed by atoms with Crippen LogP contribution in [0.25, 0.3) is 11.0 Å². The molecule has 0 aliphatic carbocycles. The fourth-order valence-electron chi connectivity index (χ4n) is 1.62. The van der Waals surface area contributed by atoms with Gasteiger partial charge < -0.3 is 9.88 Å². The van der Waals surface area contributed by atoms with Gasteiger partial charge in [0.1, 0.15) is 6.54 Å². The van der Waals surface area contributed by atoms with E-state index < -0.39 is 12.7 Å². The van der Waals surface area contributed by atoms with Crippen LogP contribution < -0.4 is 5.32 Å². The number of para-hydroxylation sites is 1. The molecule has 0 saturated carbocycles. The van der Waals surface area contributed by atoms with E-state index in [4.69, 9.17) is 0 Å². The second-order valence-corrected chi connectivity index (χ2v) is 3.42. The molecule has 2 aromatic rings. The van der Waals surface area contributed by atoms with Gasteiger partial charge in [-0.2, -0.15) is 13.2 Å². The van der Waals surface area contributed by atoms with Gasteiger partial charge in [0.05, 0.1) is 23.0 Å². The zero-order chi connectivity index (χ0) is 12.5. The summed E-state index contributed by atoms with van der Waals surface area (Å²) in [5, 5.41) is 2.35. The van der Waals surface area contributed by atoms with Gasteiger partial charge in [-0.1, -0.05) is 6.07 Å². The van der Waals surface area contributed by atoms with Gasteiger partial charge in [0.25, 0.3) is 0 Å². The van der Waals surface area contributed by atoms with Crippen LogP contribution in [0.3, 0.4) is 0 Å². The number of aromatic nitrogens is 2. The minimum absolute atomic E-state index is 0.261. The van der Waals surface area contributed by atoms with E-state index >= 15 is 0 Å². The molecule has 0 fully saturated rings. The van der Waals surface area contributed by atoms with Gasteiger partial charge in [-0.25, -0.2) is 4.98 Å². The molecule has 1 N–H and O–H groups in total. The Labute approximate surface area is 94.1 Å². The minimum atomic E-state index is -4.33. The Bertz CT molecular complexity index is 547. The number of imidazole rings is 1. The molecule has 0 bridgehead atoms. The molecule has 0 atom stereocenters. The number of benzene rings is 1. The van der Waals surface area contributed by atoms with Crippen LogP contribution in [0.15, 0.2) is 24.5 Å². The predicted octanol–water partition coefficient (Wildman–Crippen LogP) is 2.17. The molecule has 0 spiro atoms. The fourth-order valence-corrected chi connectivity index (χ4v) is 1.62. The monoisotopic (exact) mass is 243 g/mol. The smallest absolute Gasteiger partial charge is 0.327 e. The molecule has 1 aromatic heterocycles. The number of alkyl halides is 3. The van der Waals surface area contributed by atoms with Gasteiger partial charge in [-0.05, 0) is 12.1 Å². The van der Waals surface area contributed by atoms with E-state index in [-0.39, 0.29) is 5.52 Å². The SMILES string of the molecule is O=CNc1cccc2ncn(CC(F)(F)F)c12. The van der Waals surface area contributed by atoms with Gasteiger partial charge in [0, 0.05) is 0 Å². The Kier molecular flexibility index (Phi) is 2.74. The maximum Gasteiger partial charge on any atom is 0.406 e. The summed E-state index contributed by atoms with van der Waals surface area (Å²) in [5.41, 5.74) is 0.970. The van der Waals surface area contributed by atoms with Crippen LogP contribution in [0.5, 0.6) is 0 Å². The van der Waals surface area contributed by atoms with Crippen molar-refractivity contribution in [3.8, 4) is 0 Å². The summed E-state index contributed by atoms with van der Waals surface area (Å²) < 4.78 is 37.9. The average Bonchev–Trinajstić information content (AvgIpc) is 2.61. The van der Waals surface area contributed by atoms with E-state index in [1.54, 1.807) is 12.1 Å². The summed E-state index contributed by atoms with van der Waals surface area (Å²) in [6, 6.07) is 4.71. The van der Waals surface area contributed by atoms with Gasteiger partial charge >= 0.3 is 6.18 Å². The molecule has 0 saturated heterocycles. The predicted molar refractivity (Wildman–Crippen MR) is 55.5 cm³/mol. The summed E-state index contributed by atoms with van der Waals surface area (Å²) in [5.74, 6) is 0. The van der Waals surface area contributed by atoms with Gasteiger partial charge in [-0.15, -0.1) is 0 Å². The second kappa shape index (κ2) is 4.08. The van der Waals surface area contributed by atoms with Crippen LogP contribution in [-0.2, 0) is 11.3 Å². The summed E-state index contributed by atoms with van der Waals surface area (Å²) >= 11 is 0. The maximum absolute atomic E-state index is 12.3. The molecule has 7 heteroatoms. The lowest BCUT2D eigenvalue weighted by Crippen LogP contribution is -2.17. The largest absolute Gasteiger partial charge is 0.406 e. The lowest BCUT2D eigenvalue weighted by atomic mass is 10.2. The zero-order valence-electron chi connectivity index (χ0n) is 8.53. The van der Waals surface area contributed by atoms with Crippen LogP contribution in [-0.4, -0.2) is 22.1 Å². The van der Waals surface area contributed by atoms with Crippen molar-refractivity contribution in [2.45, 2.75) is 12.7 Å². The third-order valence-corrected chi connectivity index (χ3v) is 2.20. The molecule has 4 nitrogen and oxygen atoms in total. The van der Waals surface area contributed by atoms with Crippen molar-refractivity contribution < 1.29 is 18.0 Å². The number of halogens is 3. The highest BCUT2D eigenvalue weighted by atomic mass is 19.4. The van der Waals surface area contributed by atoms with Crippen LogP contribution in [0, 0.1) is 0 Å². The number of nitrogens with one attached hydrogen (secondary N) is 1. The van der Waals surface area contributed by atoms with E-state index in [0.29, 0.717) is 17.6 Å². The number of rotatable bonds is 3. The first-order valence-corrected chi connectivity index (χ1v) is 4.72. The lowest BCUT2D eigenvalue weighted by molar-refractivity contribution is -0.139. The number of hydrogen-bond donors (Lipinski definition) is 1. The summed E-state index contributed by atoms with van der Waals surface area (Å²) in [4.78, 5) is 14.2. The summed E-state index contributed by atoms with van der Waals surface area (Å²) in [6.45, 7) is -1.14. The summed E-state index contributed by atoms with van der Waals surface area (Å²) in [6.07, 6.45) is -2.81. The molecule has 1 amide bonds. The van der Waals surface area contributed by atoms with Crippen molar-refractivity contribution in [2.24, 2.45) is 0 Å². The van der Waals surface area contributed by atoms with Gasteiger partial charge in [0.15, 0.2) is 0 Å². The first kappa shape index (κ1) is 11.4. The minimum Gasteiger partial charge on any atom is -0.327 e. The molecule has 0 aliphatic rings. The van der Waals surface area contributed by atoms with Crippen molar-refractivity contribution >= 4 is 23.1 Å². The van der Waals surface area contributed by atoms with Crippen molar-refractivity contribution in [2.75, 3.05) is 5.32 Å². The highest BCUT2D eigenvalue weighted by molar-refractivity contribution is 5.93. The maximum atomic E-state index is 12.3. The van der Waals surface area contributed by atoms with Crippen LogP contribution in [0.1, 0.15) is 0 Å². The third kappa shape index (κ3) is 2.38. The Balaban J connectivity index is 2.53. The second-order valence-electron chi connectivity index (χ2n) is 3.42. The molecule has 1 heterocycles. The Hall–Kier alpha value is -2.05. The Morgan fingerprint density at radius 3 is 2.82 bits per heavy atom. The van der Waals surface area contributed by atoms with E-state index in [1.807, 2.05) is 0 Å². The number of fused-ring (bicyclic) bond motifs is 1. The van der Waals surface area contributed by atoms with Crippen LogP contribution >= 0.6 is 0 Å². The molecule has 17 heavy (non-hydrogen) atoms. The van der Waals surface area contributed by atoms with Crippen molar-refractivity contribution in [1.29, 1.82) is 0 Å². The molecule has 0 radical (unpaired) electrons. The van der Waals surface area contributed by atoms with E-state index in [2.05, 4.69) is 10.3 Å². The Morgan fingerprint density at radius 2 is 2.18 bits per heavy atom. The van der Waals surface area contributed by atoms with Crippen LogP contribution in [0.2, 0.25) is 0 Å². The lowest BCUT2D eigenvalue weighted by Gasteiger charge is -2.10. The molecule has 0 unspecified atom stereocenters. The summed E-state index contributed by atoms with van der Waals surface area (Å²) in [7, 11) is 0. The van der Waals surface area contributed by atoms with Crippen molar-refractivity contribution in [3.63, 3.8) is 0 Å². The molecule has 90 valence electrons. The first-order chi connectivity index (χ1) is 8.01. The number of anilines is 1. The number of nitrogens with zero attached hydrogens (tertiary/aromatic N) is 2. The number of carbonyl (C=O) groups excluding carboxylic acids is 1. The molecule has 2 rings (SSSR count). The third-order valence-electron chi connectivity index (χ3n) is 2.20. The van der Waals surface area contributed by atoms with E-state index in [9.17, 15) is 18.0 Å². The molecular formula is C10H8F3N3O. The highest BCUT2D eigenvalue weighted by Gasteiger charge is 2.29. The molecular weight excluding hydrogens is 235 g/mol. The van der Waals surface area contributed by atoms with E-state index in [0.717, 1.165) is 10.9 Å². The van der Waals surface area contributed by atoms with E-state index in [1.165, 1.54) is 6.07 Å². The quantitative estimate of drug-likeness (QED) is 0.840. The topological polar surface area (TPSA) is 46.9 Å². The van der Waals surface area contributed by atoms with Crippen LogP contribution in [0.4, 0.5) is 18.9 Å². The highest BCUT2D eigenvalue weighted by Crippen LogP contribution is 2.26. The molecule has 1 aromatic carbocycles. The number of hydrogen-bond acceptors (Lipinski definition) is 2. The first-order valence-electron chi connectivity index (χ1n) is 4.72.